The van der Waals surface area contributed by atoms with Gasteiger partial charge in [-0.15, -0.1) is 0 Å². The van der Waals surface area contributed by atoms with E-state index >= 15 is 0 Å². The number of carbonyl (C=O) groups excluding carboxylic acids is 1. The van der Waals surface area contributed by atoms with Crippen LogP contribution in [0.2, 0.25) is 0 Å². The molecule has 2 heterocycles. The Kier molecular flexibility index (Phi) is 4.25. The second kappa shape index (κ2) is 6.31. The molecule has 1 unspecified atom stereocenters. The van der Waals surface area contributed by atoms with Crippen LogP contribution in [0.4, 0.5) is 0 Å². The lowest BCUT2D eigenvalue weighted by Crippen LogP contribution is -2.44. The van der Waals surface area contributed by atoms with Crippen molar-refractivity contribution in [3.05, 3.63) is 36.0 Å². The summed E-state index contributed by atoms with van der Waals surface area (Å²) in [6.45, 7) is 0.986. The topological polar surface area (TPSA) is 56.3 Å². The SMILES string of the molecule is O=C(Cc1ccc2[nH]ccc2c1)N1CCCCC1CCO. The summed E-state index contributed by atoms with van der Waals surface area (Å²) >= 11 is 0. The van der Waals surface area contributed by atoms with Crippen molar-refractivity contribution >= 4 is 16.8 Å². The molecule has 1 amide bonds. The monoisotopic (exact) mass is 286 g/mol. The van der Waals surface area contributed by atoms with Gasteiger partial charge >= 0.3 is 0 Å². The van der Waals surface area contributed by atoms with Crippen molar-refractivity contribution in [2.24, 2.45) is 0 Å². The maximum Gasteiger partial charge on any atom is 0.227 e. The molecular formula is C17H22N2O2. The zero-order valence-electron chi connectivity index (χ0n) is 12.2. The van der Waals surface area contributed by atoms with Crippen molar-refractivity contribution in [1.29, 1.82) is 0 Å². The number of benzene rings is 1. The Morgan fingerprint density at radius 2 is 2.24 bits per heavy atom. The van der Waals surface area contributed by atoms with Crippen LogP contribution >= 0.6 is 0 Å². The minimum atomic E-state index is 0.157. The lowest BCUT2D eigenvalue weighted by Gasteiger charge is -2.35. The van der Waals surface area contributed by atoms with Crippen LogP contribution in [0.1, 0.15) is 31.2 Å². The van der Waals surface area contributed by atoms with Crippen molar-refractivity contribution < 1.29 is 9.90 Å². The summed E-state index contributed by atoms with van der Waals surface area (Å²) in [5.74, 6) is 0.183. The summed E-state index contributed by atoms with van der Waals surface area (Å²) in [4.78, 5) is 17.7. The number of carbonyl (C=O) groups is 1. The highest BCUT2D eigenvalue weighted by atomic mass is 16.3. The fourth-order valence-corrected chi connectivity index (χ4v) is 3.27. The highest BCUT2D eigenvalue weighted by Crippen LogP contribution is 2.21. The second-order valence-electron chi connectivity index (χ2n) is 5.83. The lowest BCUT2D eigenvalue weighted by atomic mass is 9.98. The minimum Gasteiger partial charge on any atom is -0.396 e. The average Bonchev–Trinajstić information content (AvgIpc) is 2.95. The molecule has 4 heteroatoms. The van der Waals surface area contributed by atoms with Crippen molar-refractivity contribution in [2.75, 3.05) is 13.2 Å². The van der Waals surface area contributed by atoms with E-state index in [4.69, 9.17) is 5.11 Å². The molecule has 1 aliphatic heterocycles. The van der Waals surface area contributed by atoms with Crippen molar-refractivity contribution in [2.45, 2.75) is 38.1 Å². The van der Waals surface area contributed by atoms with Gasteiger partial charge < -0.3 is 15.0 Å². The number of aromatic nitrogens is 1. The van der Waals surface area contributed by atoms with Gasteiger partial charge in [0.2, 0.25) is 5.91 Å². The number of amides is 1. The zero-order chi connectivity index (χ0) is 14.7. The molecule has 0 saturated carbocycles. The molecule has 2 aromatic rings. The lowest BCUT2D eigenvalue weighted by molar-refractivity contribution is -0.134. The third-order valence-corrected chi connectivity index (χ3v) is 4.38. The van der Waals surface area contributed by atoms with E-state index < -0.39 is 0 Å². The molecule has 112 valence electrons. The van der Waals surface area contributed by atoms with Crippen LogP contribution in [0.5, 0.6) is 0 Å². The van der Waals surface area contributed by atoms with Crippen molar-refractivity contribution in [3.63, 3.8) is 0 Å². The van der Waals surface area contributed by atoms with E-state index in [9.17, 15) is 4.79 Å². The van der Waals surface area contributed by atoms with Gasteiger partial charge in [-0.2, -0.15) is 0 Å². The summed E-state index contributed by atoms with van der Waals surface area (Å²) in [5, 5.41) is 10.3. The summed E-state index contributed by atoms with van der Waals surface area (Å²) in [5.41, 5.74) is 2.16. The number of aliphatic hydroxyl groups is 1. The van der Waals surface area contributed by atoms with E-state index in [2.05, 4.69) is 11.1 Å². The minimum absolute atomic E-state index is 0.157. The van der Waals surface area contributed by atoms with Crippen LogP contribution in [-0.2, 0) is 11.2 Å². The molecule has 1 aliphatic rings. The average molecular weight is 286 g/mol. The van der Waals surface area contributed by atoms with Gasteiger partial charge in [0.25, 0.3) is 0 Å². The normalized spacial score (nSPS) is 19.1. The Morgan fingerprint density at radius 1 is 1.33 bits per heavy atom. The number of nitrogens with zero attached hydrogens (tertiary/aromatic N) is 1. The molecule has 0 spiro atoms. The Hall–Kier alpha value is -1.81. The largest absolute Gasteiger partial charge is 0.396 e. The van der Waals surface area contributed by atoms with Crippen molar-refractivity contribution in [1.82, 2.24) is 9.88 Å². The molecule has 0 radical (unpaired) electrons. The number of aromatic amines is 1. The highest BCUT2D eigenvalue weighted by molar-refractivity contribution is 5.83. The molecule has 1 saturated heterocycles. The van der Waals surface area contributed by atoms with Crippen LogP contribution in [0.3, 0.4) is 0 Å². The fourth-order valence-electron chi connectivity index (χ4n) is 3.27. The van der Waals surface area contributed by atoms with E-state index in [-0.39, 0.29) is 18.6 Å². The van der Waals surface area contributed by atoms with Crippen LogP contribution in [0.15, 0.2) is 30.5 Å². The van der Waals surface area contributed by atoms with Crippen LogP contribution in [-0.4, -0.2) is 40.1 Å². The first-order valence-electron chi connectivity index (χ1n) is 7.74. The predicted octanol–water partition coefficient (Wildman–Crippen LogP) is 2.47. The number of nitrogens with one attached hydrogen (secondary N) is 1. The molecule has 0 bridgehead atoms. The standard InChI is InChI=1S/C17H22N2O2/c20-10-7-15-3-1-2-9-19(15)17(21)12-13-4-5-16-14(11-13)6-8-18-16/h4-6,8,11,15,18,20H,1-3,7,9-10,12H2. The maximum atomic E-state index is 12.6. The number of H-pyrrole nitrogens is 1. The van der Waals surface area contributed by atoms with Gasteiger partial charge in [0, 0.05) is 30.9 Å². The summed E-state index contributed by atoms with van der Waals surface area (Å²) in [6.07, 6.45) is 6.31. The number of hydrogen-bond acceptors (Lipinski definition) is 2. The summed E-state index contributed by atoms with van der Waals surface area (Å²) in [7, 11) is 0. The molecule has 1 atom stereocenters. The molecule has 2 N–H and O–H groups in total. The van der Waals surface area contributed by atoms with E-state index in [1.807, 2.05) is 29.3 Å². The number of rotatable bonds is 4. The van der Waals surface area contributed by atoms with Gasteiger partial charge in [-0.05, 0) is 54.8 Å². The second-order valence-corrected chi connectivity index (χ2v) is 5.83. The third-order valence-electron chi connectivity index (χ3n) is 4.38. The first-order valence-corrected chi connectivity index (χ1v) is 7.74. The van der Waals surface area contributed by atoms with Gasteiger partial charge in [0.1, 0.15) is 0 Å². The molecule has 3 rings (SSSR count). The van der Waals surface area contributed by atoms with Crippen LogP contribution in [0, 0.1) is 0 Å². The zero-order valence-corrected chi connectivity index (χ0v) is 12.2. The van der Waals surface area contributed by atoms with Gasteiger partial charge in [0.05, 0.1) is 6.42 Å². The molecular weight excluding hydrogens is 264 g/mol. The molecule has 1 aromatic carbocycles. The number of hydrogen-bond donors (Lipinski definition) is 2. The number of likely N-dealkylation sites (tertiary alicyclic amines) is 1. The van der Waals surface area contributed by atoms with Gasteiger partial charge in [-0.1, -0.05) is 6.07 Å². The number of piperidine rings is 1. The molecule has 1 aromatic heterocycles. The smallest absolute Gasteiger partial charge is 0.227 e. The molecule has 0 aliphatic carbocycles. The Balaban J connectivity index is 1.71. The Morgan fingerprint density at radius 3 is 3.10 bits per heavy atom. The molecule has 1 fully saturated rings. The first kappa shape index (κ1) is 14.1. The Bertz CT molecular complexity index is 618. The quantitative estimate of drug-likeness (QED) is 0.907. The Labute approximate surface area is 124 Å². The maximum absolute atomic E-state index is 12.6. The predicted molar refractivity (Wildman–Crippen MR) is 83.1 cm³/mol. The summed E-state index contributed by atoms with van der Waals surface area (Å²) in [6, 6.07) is 8.36. The fraction of sp³-hybridized carbons (Fsp3) is 0.471. The van der Waals surface area contributed by atoms with E-state index in [1.54, 1.807) is 0 Å². The van der Waals surface area contributed by atoms with Gasteiger partial charge in [-0.25, -0.2) is 0 Å². The number of fused-ring (bicyclic) bond motifs is 1. The third kappa shape index (κ3) is 3.10. The molecule has 21 heavy (non-hydrogen) atoms. The highest BCUT2D eigenvalue weighted by Gasteiger charge is 2.26. The summed E-state index contributed by atoms with van der Waals surface area (Å²) < 4.78 is 0. The number of aliphatic hydroxyl groups excluding tert-OH is 1. The van der Waals surface area contributed by atoms with Gasteiger partial charge in [-0.3, -0.25) is 4.79 Å². The molecule has 4 nitrogen and oxygen atoms in total. The van der Waals surface area contributed by atoms with Crippen LogP contribution < -0.4 is 0 Å². The van der Waals surface area contributed by atoms with E-state index in [0.717, 1.165) is 42.3 Å². The first-order chi connectivity index (χ1) is 10.3. The van der Waals surface area contributed by atoms with Crippen molar-refractivity contribution in [3.8, 4) is 0 Å². The van der Waals surface area contributed by atoms with Crippen LogP contribution in [0.25, 0.3) is 10.9 Å². The van der Waals surface area contributed by atoms with E-state index in [0.29, 0.717) is 12.8 Å². The van der Waals surface area contributed by atoms with Gasteiger partial charge in [0.15, 0.2) is 0 Å². The van der Waals surface area contributed by atoms with E-state index in [1.165, 1.54) is 0 Å².